The molecule has 0 aliphatic carbocycles. The Hall–Kier alpha value is -1.73. The first-order chi connectivity index (χ1) is 7.27. The first-order valence-corrected chi connectivity index (χ1v) is 4.33. The van der Waals surface area contributed by atoms with Gasteiger partial charge < -0.3 is 15.5 Å². The second-order valence-electron chi connectivity index (χ2n) is 2.68. The van der Waals surface area contributed by atoms with Gasteiger partial charge in [-0.2, -0.15) is 0 Å². The molecule has 4 N–H and O–H groups in total. The van der Waals surface area contributed by atoms with E-state index in [9.17, 15) is 4.79 Å². The number of nitrogen functional groups attached to an aromatic ring is 1. The van der Waals surface area contributed by atoms with Crippen LogP contribution < -0.4 is 16.6 Å². The van der Waals surface area contributed by atoms with E-state index in [0.717, 1.165) is 0 Å². The fraction of sp³-hybridized carbons (Fsp3) is 0.375. The number of anilines is 1. The summed E-state index contributed by atoms with van der Waals surface area (Å²) in [5.41, 5.74) is 2.52. The third-order valence-corrected chi connectivity index (χ3v) is 1.61. The molecule has 82 valence electrons. The Balaban J connectivity index is 2.57. The van der Waals surface area contributed by atoms with Crippen LogP contribution in [0.5, 0.6) is 0 Å². The molecule has 0 spiro atoms. The lowest BCUT2D eigenvalue weighted by Gasteiger charge is -2.04. The number of hydrogen-bond donors (Lipinski definition) is 3. The van der Waals surface area contributed by atoms with Crippen molar-refractivity contribution in [2.24, 2.45) is 5.84 Å². The molecule has 7 nitrogen and oxygen atoms in total. The Labute approximate surface area is 87.0 Å². The minimum atomic E-state index is -0.309. The van der Waals surface area contributed by atoms with Gasteiger partial charge in [0.25, 0.3) is 5.91 Å². The van der Waals surface area contributed by atoms with Gasteiger partial charge in [-0.3, -0.25) is 9.78 Å². The van der Waals surface area contributed by atoms with Crippen LogP contribution in [0.3, 0.4) is 0 Å². The van der Waals surface area contributed by atoms with Gasteiger partial charge in [-0.25, -0.2) is 10.8 Å². The standard InChI is InChI=1S/C8H13N5O2/c1-15-3-2-11-8(14)6-4-10-5-7(12-6)13-9/h4-5H,2-3,9H2,1H3,(H,11,14)(H,12,13). The molecule has 0 bridgehead atoms. The van der Waals surface area contributed by atoms with Crippen molar-refractivity contribution in [1.82, 2.24) is 15.3 Å². The maximum Gasteiger partial charge on any atom is 0.271 e. The zero-order chi connectivity index (χ0) is 11.1. The van der Waals surface area contributed by atoms with Gasteiger partial charge in [0.1, 0.15) is 5.69 Å². The van der Waals surface area contributed by atoms with E-state index in [2.05, 4.69) is 20.7 Å². The van der Waals surface area contributed by atoms with Crippen molar-refractivity contribution in [3.63, 3.8) is 0 Å². The highest BCUT2D eigenvalue weighted by Crippen LogP contribution is 1.99. The van der Waals surface area contributed by atoms with Crippen molar-refractivity contribution in [3.05, 3.63) is 18.1 Å². The highest BCUT2D eigenvalue weighted by atomic mass is 16.5. The molecule has 1 aromatic heterocycles. The predicted octanol–water partition coefficient (Wildman–Crippen LogP) is -0.862. The van der Waals surface area contributed by atoms with Crippen LogP contribution in [0.15, 0.2) is 12.4 Å². The normalized spacial score (nSPS) is 9.73. The van der Waals surface area contributed by atoms with Crippen LogP contribution in [0.4, 0.5) is 5.82 Å². The van der Waals surface area contributed by atoms with Gasteiger partial charge in [-0.05, 0) is 0 Å². The number of nitrogens with two attached hydrogens (primary N) is 1. The summed E-state index contributed by atoms with van der Waals surface area (Å²) < 4.78 is 4.79. The van der Waals surface area contributed by atoms with Crippen molar-refractivity contribution < 1.29 is 9.53 Å². The van der Waals surface area contributed by atoms with Crippen molar-refractivity contribution in [2.75, 3.05) is 25.7 Å². The number of aromatic nitrogens is 2. The van der Waals surface area contributed by atoms with Crippen molar-refractivity contribution >= 4 is 11.7 Å². The fourth-order valence-corrected chi connectivity index (χ4v) is 0.902. The van der Waals surface area contributed by atoms with E-state index in [1.165, 1.54) is 12.4 Å². The SMILES string of the molecule is COCCNC(=O)c1cncc(NN)n1. The molecule has 15 heavy (non-hydrogen) atoms. The Morgan fingerprint density at radius 1 is 1.60 bits per heavy atom. The highest BCUT2D eigenvalue weighted by Gasteiger charge is 2.07. The number of carbonyl (C=O) groups excluding carboxylic acids is 1. The average Bonchev–Trinajstić information content (AvgIpc) is 2.29. The Bertz CT molecular complexity index is 331. The number of nitrogens with one attached hydrogen (secondary N) is 2. The van der Waals surface area contributed by atoms with Gasteiger partial charge in [0.2, 0.25) is 0 Å². The number of amides is 1. The van der Waals surface area contributed by atoms with Gasteiger partial charge in [-0.15, -0.1) is 0 Å². The van der Waals surface area contributed by atoms with Crippen molar-refractivity contribution in [1.29, 1.82) is 0 Å². The summed E-state index contributed by atoms with van der Waals surface area (Å²) in [7, 11) is 1.56. The van der Waals surface area contributed by atoms with E-state index in [4.69, 9.17) is 10.6 Å². The number of nitrogens with zero attached hydrogens (tertiary/aromatic N) is 2. The fourth-order valence-electron chi connectivity index (χ4n) is 0.902. The monoisotopic (exact) mass is 211 g/mol. The molecule has 0 atom stereocenters. The van der Waals surface area contributed by atoms with Crippen LogP contribution in [0.25, 0.3) is 0 Å². The van der Waals surface area contributed by atoms with Crippen molar-refractivity contribution in [2.45, 2.75) is 0 Å². The summed E-state index contributed by atoms with van der Waals surface area (Å²) in [6.45, 7) is 0.880. The molecule has 0 saturated carbocycles. The predicted molar refractivity (Wildman–Crippen MR) is 54.1 cm³/mol. The van der Waals surface area contributed by atoms with E-state index in [-0.39, 0.29) is 11.6 Å². The quantitative estimate of drug-likeness (QED) is 0.333. The summed E-state index contributed by atoms with van der Waals surface area (Å²) in [5, 5.41) is 2.62. The number of ether oxygens (including phenoxy) is 1. The largest absolute Gasteiger partial charge is 0.383 e. The van der Waals surface area contributed by atoms with Gasteiger partial charge in [-0.1, -0.05) is 0 Å². The zero-order valence-electron chi connectivity index (χ0n) is 8.36. The smallest absolute Gasteiger partial charge is 0.271 e. The molecule has 0 saturated heterocycles. The second kappa shape index (κ2) is 5.89. The van der Waals surface area contributed by atoms with Crippen LogP contribution in [-0.4, -0.2) is 36.1 Å². The first-order valence-electron chi connectivity index (χ1n) is 4.33. The van der Waals surface area contributed by atoms with E-state index in [1.807, 2.05) is 0 Å². The number of carbonyl (C=O) groups is 1. The van der Waals surface area contributed by atoms with Crippen LogP contribution in [0.2, 0.25) is 0 Å². The Morgan fingerprint density at radius 2 is 2.40 bits per heavy atom. The third-order valence-electron chi connectivity index (χ3n) is 1.61. The highest BCUT2D eigenvalue weighted by molar-refractivity contribution is 5.92. The first kappa shape index (κ1) is 11.3. The van der Waals surface area contributed by atoms with Crippen LogP contribution in [-0.2, 0) is 4.74 Å². The van der Waals surface area contributed by atoms with E-state index in [1.54, 1.807) is 7.11 Å². The van der Waals surface area contributed by atoms with Crippen LogP contribution >= 0.6 is 0 Å². The maximum absolute atomic E-state index is 11.4. The topological polar surface area (TPSA) is 102 Å². The Morgan fingerprint density at radius 3 is 3.07 bits per heavy atom. The zero-order valence-corrected chi connectivity index (χ0v) is 8.36. The lowest BCUT2D eigenvalue weighted by atomic mass is 10.4. The van der Waals surface area contributed by atoms with Crippen molar-refractivity contribution in [3.8, 4) is 0 Å². The lowest BCUT2D eigenvalue weighted by Crippen LogP contribution is -2.28. The summed E-state index contributed by atoms with van der Waals surface area (Å²) in [6.07, 6.45) is 2.79. The molecule has 1 amide bonds. The molecule has 1 aromatic rings. The summed E-state index contributed by atoms with van der Waals surface area (Å²) in [4.78, 5) is 19.2. The third kappa shape index (κ3) is 3.49. The Kier molecular flexibility index (Phi) is 4.45. The van der Waals surface area contributed by atoms with Gasteiger partial charge >= 0.3 is 0 Å². The van der Waals surface area contributed by atoms with Gasteiger partial charge in [0.15, 0.2) is 5.82 Å². The molecular formula is C8H13N5O2. The second-order valence-corrected chi connectivity index (χ2v) is 2.68. The number of hydrazine groups is 1. The molecule has 1 rings (SSSR count). The number of hydrogen-bond acceptors (Lipinski definition) is 6. The lowest BCUT2D eigenvalue weighted by molar-refractivity contribution is 0.0932. The van der Waals surface area contributed by atoms with Crippen LogP contribution in [0.1, 0.15) is 10.5 Å². The summed E-state index contributed by atoms with van der Waals surface area (Å²) in [5.74, 6) is 5.17. The molecule has 1 heterocycles. The maximum atomic E-state index is 11.4. The number of methoxy groups -OCH3 is 1. The minimum Gasteiger partial charge on any atom is -0.383 e. The van der Waals surface area contributed by atoms with E-state index < -0.39 is 0 Å². The van der Waals surface area contributed by atoms with Crippen LogP contribution in [0, 0.1) is 0 Å². The molecule has 0 fully saturated rings. The number of rotatable bonds is 5. The van der Waals surface area contributed by atoms with E-state index in [0.29, 0.717) is 19.0 Å². The molecular weight excluding hydrogens is 198 g/mol. The average molecular weight is 211 g/mol. The molecule has 0 aliphatic heterocycles. The summed E-state index contributed by atoms with van der Waals surface area (Å²) >= 11 is 0. The van der Waals surface area contributed by atoms with Gasteiger partial charge in [0.05, 0.1) is 19.0 Å². The molecule has 0 aliphatic rings. The summed E-state index contributed by atoms with van der Waals surface area (Å²) in [6, 6.07) is 0. The van der Waals surface area contributed by atoms with E-state index >= 15 is 0 Å². The molecule has 7 heteroatoms. The molecule has 0 aromatic carbocycles. The van der Waals surface area contributed by atoms with Gasteiger partial charge in [0, 0.05) is 13.7 Å². The minimum absolute atomic E-state index is 0.210. The molecule has 0 unspecified atom stereocenters. The molecule has 0 radical (unpaired) electrons.